The molecule has 2 aromatic carbocycles. The Morgan fingerprint density at radius 1 is 0.966 bits per heavy atom. The highest BCUT2D eigenvalue weighted by atomic mass is 32.2. The van der Waals surface area contributed by atoms with Crippen LogP contribution in [0.4, 0.5) is 0 Å². The van der Waals surface area contributed by atoms with Crippen molar-refractivity contribution in [2.75, 3.05) is 6.26 Å². The number of fused-ring (bicyclic) bond motifs is 1. The van der Waals surface area contributed by atoms with Gasteiger partial charge >= 0.3 is 0 Å². The molecule has 0 saturated heterocycles. The lowest BCUT2D eigenvalue weighted by Gasteiger charge is -2.09. The minimum Gasteiger partial charge on any atom is -0.358 e. The van der Waals surface area contributed by atoms with Crippen molar-refractivity contribution < 1.29 is 21.6 Å². The molecule has 1 amide bonds. The Bertz CT molecular complexity index is 1300. The number of rotatable bonds is 5. The quantitative estimate of drug-likeness (QED) is 0.641. The van der Waals surface area contributed by atoms with Crippen LogP contribution in [0.25, 0.3) is 10.9 Å². The Kier molecular flexibility index (Phi) is 5.31. The molecule has 1 heterocycles. The summed E-state index contributed by atoms with van der Waals surface area (Å²) in [5.74, 6) is -0.521. The second kappa shape index (κ2) is 7.31. The van der Waals surface area contributed by atoms with Crippen LogP contribution in [0.1, 0.15) is 41.4 Å². The molecular formula is C20H22N2O5S2. The van der Waals surface area contributed by atoms with Crippen LogP contribution in [0.5, 0.6) is 0 Å². The maximum Gasteiger partial charge on any atom is 0.265 e. The van der Waals surface area contributed by atoms with Crippen LogP contribution in [0.3, 0.4) is 0 Å². The number of carbonyl (C=O) groups excluding carboxylic acids is 1. The van der Waals surface area contributed by atoms with Crippen molar-refractivity contribution >= 4 is 36.7 Å². The molecule has 9 heteroatoms. The second-order valence-electron chi connectivity index (χ2n) is 7.26. The van der Waals surface area contributed by atoms with E-state index in [-0.39, 0.29) is 21.3 Å². The van der Waals surface area contributed by atoms with Crippen LogP contribution in [0, 0.1) is 6.92 Å². The lowest BCUT2D eigenvalue weighted by atomic mass is 9.98. The van der Waals surface area contributed by atoms with Crippen LogP contribution in [-0.4, -0.2) is 34.0 Å². The maximum absolute atomic E-state index is 12.6. The first-order valence-corrected chi connectivity index (χ1v) is 12.3. The first kappa shape index (κ1) is 21.1. The third-order valence-corrected chi connectivity index (χ3v) is 7.14. The number of nitrogens with one attached hydrogen (secondary N) is 2. The molecule has 0 aliphatic carbocycles. The van der Waals surface area contributed by atoms with Crippen LogP contribution in [0.15, 0.2) is 52.3 Å². The highest BCUT2D eigenvalue weighted by Crippen LogP contribution is 2.29. The topological polar surface area (TPSA) is 113 Å². The van der Waals surface area contributed by atoms with Crippen molar-refractivity contribution in [3.63, 3.8) is 0 Å². The Hall–Kier alpha value is -2.65. The number of aryl methyl sites for hydroxylation is 1. The van der Waals surface area contributed by atoms with Gasteiger partial charge in [0, 0.05) is 28.4 Å². The Morgan fingerprint density at radius 3 is 2.10 bits per heavy atom. The fraction of sp³-hybridized carbons (Fsp3) is 0.250. The molecule has 1 aromatic heterocycles. The van der Waals surface area contributed by atoms with Crippen LogP contribution in [0.2, 0.25) is 0 Å². The van der Waals surface area contributed by atoms with E-state index in [4.69, 9.17) is 0 Å². The summed E-state index contributed by atoms with van der Waals surface area (Å²) < 4.78 is 50.1. The summed E-state index contributed by atoms with van der Waals surface area (Å²) in [4.78, 5) is 15.7. The summed E-state index contributed by atoms with van der Waals surface area (Å²) in [5.41, 5.74) is 3.18. The number of aromatic amines is 1. The Labute approximate surface area is 170 Å². The molecule has 154 valence electrons. The first-order chi connectivity index (χ1) is 13.4. The number of aromatic nitrogens is 1. The molecule has 0 unspecified atom stereocenters. The summed E-state index contributed by atoms with van der Waals surface area (Å²) in [6.07, 6.45) is 1.03. The largest absolute Gasteiger partial charge is 0.358 e. The molecule has 29 heavy (non-hydrogen) atoms. The van der Waals surface area contributed by atoms with Gasteiger partial charge in [-0.05, 0) is 60.9 Å². The number of carbonyl (C=O) groups is 1. The predicted molar refractivity (Wildman–Crippen MR) is 111 cm³/mol. The number of H-pyrrole nitrogens is 1. The lowest BCUT2D eigenvalue weighted by molar-refractivity contribution is 0.0981. The van der Waals surface area contributed by atoms with Crippen molar-refractivity contribution in [2.45, 2.75) is 36.5 Å². The lowest BCUT2D eigenvalue weighted by Crippen LogP contribution is -2.30. The summed E-state index contributed by atoms with van der Waals surface area (Å²) in [7, 11) is -7.59. The third-order valence-electron chi connectivity index (χ3n) is 4.66. The molecule has 7 nitrogen and oxygen atoms in total. The van der Waals surface area contributed by atoms with E-state index >= 15 is 0 Å². The number of amides is 1. The van der Waals surface area contributed by atoms with Gasteiger partial charge in [-0.2, -0.15) is 0 Å². The zero-order valence-electron chi connectivity index (χ0n) is 16.5. The van der Waals surface area contributed by atoms with Crippen LogP contribution < -0.4 is 4.72 Å². The summed E-state index contributed by atoms with van der Waals surface area (Å²) >= 11 is 0. The van der Waals surface area contributed by atoms with Crippen molar-refractivity contribution in [1.82, 2.24) is 9.71 Å². The maximum atomic E-state index is 12.6. The van der Waals surface area contributed by atoms with Gasteiger partial charge in [0.2, 0.25) is 0 Å². The minimum atomic E-state index is -4.15. The minimum absolute atomic E-state index is 0.00253. The molecule has 3 rings (SSSR count). The highest BCUT2D eigenvalue weighted by molar-refractivity contribution is 7.91. The van der Waals surface area contributed by atoms with E-state index in [1.807, 2.05) is 25.5 Å². The van der Waals surface area contributed by atoms with Gasteiger partial charge < -0.3 is 4.98 Å². The molecule has 0 radical (unpaired) electrons. The molecule has 0 bridgehead atoms. The molecular weight excluding hydrogens is 412 g/mol. The third kappa shape index (κ3) is 4.20. The number of sulfone groups is 1. The molecule has 0 fully saturated rings. The average Bonchev–Trinajstić information content (AvgIpc) is 2.95. The first-order valence-electron chi connectivity index (χ1n) is 8.89. The van der Waals surface area contributed by atoms with Crippen molar-refractivity contribution in [3.05, 3.63) is 59.3 Å². The Balaban J connectivity index is 1.92. The van der Waals surface area contributed by atoms with E-state index in [1.165, 1.54) is 12.1 Å². The van der Waals surface area contributed by atoms with Gasteiger partial charge in [0.25, 0.3) is 15.9 Å². The zero-order chi connectivity index (χ0) is 21.6. The van der Waals surface area contributed by atoms with E-state index in [9.17, 15) is 21.6 Å². The monoisotopic (exact) mass is 434 g/mol. The smallest absolute Gasteiger partial charge is 0.265 e. The molecule has 2 N–H and O–H groups in total. The van der Waals surface area contributed by atoms with Gasteiger partial charge in [-0.15, -0.1) is 0 Å². The SMILES string of the molecule is Cc1[nH]c2ccc(C(=O)NS(=O)(=O)c3ccc(S(C)(=O)=O)cc3)cc2c1C(C)C. The van der Waals surface area contributed by atoms with Gasteiger partial charge in [-0.3, -0.25) is 4.79 Å². The van der Waals surface area contributed by atoms with E-state index < -0.39 is 25.8 Å². The van der Waals surface area contributed by atoms with Crippen LogP contribution >= 0.6 is 0 Å². The summed E-state index contributed by atoms with van der Waals surface area (Å²) in [5, 5.41) is 0.875. The van der Waals surface area contributed by atoms with Crippen molar-refractivity contribution in [3.8, 4) is 0 Å². The van der Waals surface area contributed by atoms with E-state index in [2.05, 4.69) is 4.98 Å². The second-order valence-corrected chi connectivity index (χ2v) is 11.0. The van der Waals surface area contributed by atoms with E-state index in [0.29, 0.717) is 0 Å². The standard InChI is InChI=1S/C20H22N2O5S2/c1-12(2)19-13(3)21-18-10-5-14(11-17(18)19)20(23)22-29(26,27)16-8-6-15(7-9-16)28(4,24)25/h5-12,21H,1-4H3,(H,22,23). The molecule has 0 atom stereocenters. The van der Waals surface area contributed by atoms with E-state index in [0.717, 1.165) is 40.5 Å². The number of sulfonamides is 1. The van der Waals surface area contributed by atoms with Gasteiger partial charge in [-0.25, -0.2) is 21.6 Å². The normalized spacial score (nSPS) is 12.4. The summed E-state index contributed by atoms with van der Waals surface area (Å²) in [6.45, 7) is 6.06. The van der Waals surface area contributed by atoms with Crippen molar-refractivity contribution in [2.24, 2.45) is 0 Å². The van der Waals surface area contributed by atoms with Gasteiger partial charge in [-0.1, -0.05) is 13.8 Å². The molecule has 0 aliphatic heterocycles. The average molecular weight is 435 g/mol. The predicted octanol–water partition coefficient (Wildman–Crippen LogP) is 3.12. The molecule has 0 saturated carbocycles. The highest BCUT2D eigenvalue weighted by Gasteiger charge is 2.21. The molecule has 0 spiro atoms. The fourth-order valence-corrected chi connectivity index (χ4v) is 4.94. The number of hydrogen-bond donors (Lipinski definition) is 2. The van der Waals surface area contributed by atoms with Crippen LogP contribution in [-0.2, 0) is 19.9 Å². The van der Waals surface area contributed by atoms with Gasteiger partial charge in [0.05, 0.1) is 9.79 Å². The Morgan fingerprint density at radius 2 is 1.55 bits per heavy atom. The molecule has 0 aliphatic rings. The number of benzene rings is 2. The van der Waals surface area contributed by atoms with Gasteiger partial charge in [0.15, 0.2) is 9.84 Å². The number of hydrogen-bond acceptors (Lipinski definition) is 5. The van der Waals surface area contributed by atoms with E-state index in [1.54, 1.807) is 18.2 Å². The van der Waals surface area contributed by atoms with Gasteiger partial charge in [0.1, 0.15) is 0 Å². The summed E-state index contributed by atoms with van der Waals surface area (Å²) in [6, 6.07) is 9.67. The molecule has 3 aromatic rings. The van der Waals surface area contributed by atoms with Crippen molar-refractivity contribution in [1.29, 1.82) is 0 Å². The zero-order valence-corrected chi connectivity index (χ0v) is 18.1. The fourth-order valence-electron chi connectivity index (χ4n) is 3.34.